The van der Waals surface area contributed by atoms with Gasteiger partial charge in [0, 0.05) is 14.1 Å². The molecule has 22 heavy (non-hydrogen) atoms. The molecule has 0 bridgehead atoms. The van der Waals surface area contributed by atoms with E-state index >= 15 is 0 Å². The molecule has 1 aromatic carbocycles. The van der Waals surface area contributed by atoms with Crippen LogP contribution in [-0.2, 0) is 4.74 Å². The predicted molar refractivity (Wildman–Crippen MR) is 82.8 cm³/mol. The van der Waals surface area contributed by atoms with E-state index in [2.05, 4.69) is 10.6 Å². The van der Waals surface area contributed by atoms with Crippen molar-refractivity contribution in [3.8, 4) is 0 Å². The van der Waals surface area contributed by atoms with Crippen LogP contribution in [0.15, 0.2) is 24.3 Å². The summed E-state index contributed by atoms with van der Waals surface area (Å²) in [6, 6.07) is 4.69. The van der Waals surface area contributed by atoms with Gasteiger partial charge in [0.2, 0.25) is 10.0 Å². The first-order valence-corrected chi connectivity index (χ1v) is 7.03. The number of halogens is 4. The molecular formula is C12H13Cl3FN3O3. The fraction of sp³-hybridized carbons (Fsp3) is 0.333. The van der Waals surface area contributed by atoms with Crippen LogP contribution in [0.5, 0.6) is 0 Å². The molecule has 2 N–H and O–H groups in total. The minimum absolute atomic E-state index is 0.0673. The summed E-state index contributed by atoms with van der Waals surface area (Å²) < 4.78 is 16.2. The Morgan fingerprint density at radius 3 is 2.41 bits per heavy atom. The molecule has 1 rings (SSSR count). The number of anilines is 1. The van der Waals surface area contributed by atoms with Crippen LogP contribution in [0.4, 0.5) is 19.7 Å². The van der Waals surface area contributed by atoms with Crippen molar-refractivity contribution in [2.75, 3.05) is 19.4 Å². The van der Waals surface area contributed by atoms with E-state index in [0.29, 0.717) is 0 Å². The third-order valence-electron chi connectivity index (χ3n) is 2.49. The maximum atomic E-state index is 13.5. The Bertz CT molecular complexity index is 554. The van der Waals surface area contributed by atoms with Gasteiger partial charge in [-0.2, -0.15) is 0 Å². The molecular weight excluding hydrogens is 360 g/mol. The number of rotatable bonds is 3. The van der Waals surface area contributed by atoms with Crippen molar-refractivity contribution >= 4 is 52.6 Å². The van der Waals surface area contributed by atoms with E-state index in [0.717, 1.165) is 4.90 Å². The average molecular weight is 373 g/mol. The maximum Gasteiger partial charge on any atom is 0.408 e. The van der Waals surface area contributed by atoms with Crippen molar-refractivity contribution < 1.29 is 18.7 Å². The highest BCUT2D eigenvalue weighted by Crippen LogP contribution is 2.34. The normalized spacial score (nSPS) is 12.3. The van der Waals surface area contributed by atoms with Gasteiger partial charge in [-0.1, -0.05) is 46.9 Å². The second-order valence-corrected chi connectivity index (χ2v) is 6.44. The topological polar surface area (TPSA) is 70.7 Å². The monoisotopic (exact) mass is 371 g/mol. The Kier molecular flexibility index (Phi) is 6.52. The molecule has 122 valence electrons. The van der Waals surface area contributed by atoms with Crippen LogP contribution in [0, 0.1) is 5.82 Å². The first-order valence-electron chi connectivity index (χ1n) is 5.90. The number of para-hydroxylation sites is 1. The van der Waals surface area contributed by atoms with Gasteiger partial charge < -0.3 is 15.4 Å². The van der Waals surface area contributed by atoms with E-state index in [4.69, 9.17) is 39.5 Å². The Morgan fingerprint density at radius 1 is 1.32 bits per heavy atom. The summed E-state index contributed by atoms with van der Waals surface area (Å²) in [5, 5.41) is 4.44. The third kappa shape index (κ3) is 5.08. The summed E-state index contributed by atoms with van der Waals surface area (Å²) in [4.78, 5) is 24.2. The number of ether oxygens (including phenoxy) is 1. The van der Waals surface area contributed by atoms with E-state index in [9.17, 15) is 14.0 Å². The molecule has 10 heteroatoms. The van der Waals surface area contributed by atoms with E-state index in [1.807, 2.05) is 0 Å². The molecule has 0 aromatic heterocycles. The van der Waals surface area contributed by atoms with Gasteiger partial charge in [0.1, 0.15) is 5.82 Å². The molecule has 0 fully saturated rings. The number of urea groups is 1. The van der Waals surface area contributed by atoms with Gasteiger partial charge in [0.05, 0.1) is 5.69 Å². The van der Waals surface area contributed by atoms with Crippen LogP contribution in [0.25, 0.3) is 0 Å². The third-order valence-corrected chi connectivity index (χ3v) is 3.05. The number of alkyl halides is 3. The fourth-order valence-corrected chi connectivity index (χ4v) is 1.97. The molecule has 0 spiro atoms. The lowest BCUT2D eigenvalue weighted by Crippen LogP contribution is -2.50. The summed E-state index contributed by atoms with van der Waals surface area (Å²) in [6.45, 7) is 0. The van der Waals surface area contributed by atoms with Crippen molar-refractivity contribution in [1.82, 2.24) is 10.2 Å². The van der Waals surface area contributed by atoms with Gasteiger partial charge in [0.25, 0.3) is 0 Å². The van der Waals surface area contributed by atoms with Crippen molar-refractivity contribution in [3.63, 3.8) is 0 Å². The minimum Gasteiger partial charge on any atom is -0.421 e. The average Bonchev–Trinajstić information content (AvgIpc) is 2.44. The number of alkyl carbamates (subject to hydrolysis) is 1. The van der Waals surface area contributed by atoms with Gasteiger partial charge in [-0.25, -0.2) is 14.0 Å². The highest BCUT2D eigenvalue weighted by Gasteiger charge is 2.41. The standard InChI is InChI=1S/C12H13Cl3FN3O3/c1-17-11(21)22-9(12(13,14)15)19(2)10(20)18-8-6-4-3-5-7(8)16/h3-6,9H,1-2H3,(H,17,21)(H,18,20). The fourth-order valence-electron chi connectivity index (χ4n) is 1.40. The number of amides is 3. The Morgan fingerprint density at radius 2 is 1.91 bits per heavy atom. The number of benzene rings is 1. The number of nitrogens with one attached hydrogen (secondary N) is 2. The van der Waals surface area contributed by atoms with E-state index in [1.54, 1.807) is 0 Å². The quantitative estimate of drug-likeness (QED) is 0.631. The smallest absolute Gasteiger partial charge is 0.408 e. The van der Waals surface area contributed by atoms with Crippen molar-refractivity contribution in [1.29, 1.82) is 0 Å². The number of hydrogen-bond acceptors (Lipinski definition) is 3. The Balaban J connectivity index is 2.89. The summed E-state index contributed by atoms with van der Waals surface area (Å²) in [5.74, 6) is -0.637. The first-order chi connectivity index (χ1) is 10.2. The van der Waals surface area contributed by atoms with Crippen molar-refractivity contribution in [2.45, 2.75) is 10.0 Å². The lowest BCUT2D eigenvalue weighted by Gasteiger charge is -2.32. The maximum absolute atomic E-state index is 13.5. The second-order valence-electron chi connectivity index (χ2n) is 4.07. The molecule has 1 atom stereocenters. The molecule has 0 aliphatic heterocycles. The zero-order chi connectivity index (χ0) is 16.9. The highest BCUT2D eigenvalue weighted by molar-refractivity contribution is 6.68. The van der Waals surface area contributed by atoms with Crippen molar-refractivity contribution in [3.05, 3.63) is 30.1 Å². The molecule has 0 radical (unpaired) electrons. The molecule has 1 aromatic rings. The minimum atomic E-state index is -2.10. The van der Waals surface area contributed by atoms with Crippen LogP contribution < -0.4 is 10.6 Å². The summed E-state index contributed by atoms with van der Waals surface area (Å²) in [7, 11) is 2.53. The Hall–Kier alpha value is -1.44. The summed E-state index contributed by atoms with van der Waals surface area (Å²) >= 11 is 17.1. The van der Waals surface area contributed by atoms with Gasteiger partial charge in [0.15, 0.2) is 0 Å². The molecule has 0 aliphatic rings. The largest absolute Gasteiger partial charge is 0.421 e. The lowest BCUT2D eigenvalue weighted by atomic mass is 10.3. The van der Waals surface area contributed by atoms with Gasteiger partial charge in [-0.05, 0) is 12.1 Å². The number of carbonyl (C=O) groups is 2. The molecule has 0 saturated carbocycles. The zero-order valence-electron chi connectivity index (χ0n) is 11.6. The molecule has 0 saturated heterocycles. The highest BCUT2D eigenvalue weighted by atomic mass is 35.6. The van der Waals surface area contributed by atoms with Crippen LogP contribution >= 0.6 is 34.8 Å². The van der Waals surface area contributed by atoms with Crippen LogP contribution in [0.1, 0.15) is 0 Å². The van der Waals surface area contributed by atoms with Gasteiger partial charge in [-0.15, -0.1) is 0 Å². The van der Waals surface area contributed by atoms with E-state index < -0.39 is 28.0 Å². The molecule has 0 heterocycles. The van der Waals surface area contributed by atoms with Crippen LogP contribution in [-0.4, -0.2) is 41.1 Å². The SMILES string of the molecule is CNC(=O)OC(N(C)C(=O)Nc1ccccc1F)C(Cl)(Cl)Cl. The van der Waals surface area contributed by atoms with E-state index in [-0.39, 0.29) is 5.69 Å². The molecule has 6 nitrogen and oxygen atoms in total. The van der Waals surface area contributed by atoms with Crippen LogP contribution in [0.3, 0.4) is 0 Å². The predicted octanol–water partition coefficient (Wildman–Crippen LogP) is 3.34. The van der Waals surface area contributed by atoms with Crippen LogP contribution in [0.2, 0.25) is 0 Å². The lowest BCUT2D eigenvalue weighted by molar-refractivity contribution is 0.0274. The first kappa shape index (κ1) is 18.6. The molecule has 0 aliphatic carbocycles. The summed E-state index contributed by atoms with van der Waals surface area (Å²) in [5.41, 5.74) is -0.0673. The van der Waals surface area contributed by atoms with Gasteiger partial charge >= 0.3 is 12.1 Å². The van der Waals surface area contributed by atoms with E-state index in [1.165, 1.54) is 38.4 Å². The second kappa shape index (κ2) is 7.71. The zero-order valence-corrected chi connectivity index (χ0v) is 13.8. The number of hydrogen-bond donors (Lipinski definition) is 2. The molecule has 3 amide bonds. The van der Waals surface area contributed by atoms with Crippen molar-refractivity contribution in [2.24, 2.45) is 0 Å². The summed E-state index contributed by atoms with van der Waals surface area (Å²) in [6.07, 6.45) is -2.42. The Labute approximate surface area is 141 Å². The number of nitrogens with zero attached hydrogens (tertiary/aromatic N) is 1. The number of carbonyl (C=O) groups excluding carboxylic acids is 2. The molecule has 1 unspecified atom stereocenters. The van der Waals surface area contributed by atoms with Gasteiger partial charge in [-0.3, -0.25) is 4.90 Å².